The number of rotatable bonds is 5. The van der Waals surface area contributed by atoms with Gasteiger partial charge in [0, 0.05) is 30.9 Å². The van der Waals surface area contributed by atoms with E-state index in [4.69, 9.17) is 5.11 Å². The first-order chi connectivity index (χ1) is 11.7. The van der Waals surface area contributed by atoms with E-state index in [1.54, 1.807) is 12.1 Å². The van der Waals surface area contributed by atoms with Crippen LogP contribution in [0.4, 0.5) is 22.7 Å². The first kappa shape index (κ1) is 16.1. The fourth-order valence-electron chi connectivity index (χ4n) is 2.83. The number of fused-ring (bicyclic) bond motifs is 1. The van der Waals surface area contributed by atoms with Gasteiger partial charge in [0.15, 0.2) is 0 Å². The molecule has 1 aliphatic rings. The van der Waals surface area contributed by atoms with Gasteiger partial charge in [0.2, 0.25) is 0 Å². The second-order valence-electron chi connectivity index (χ2n) is 5.60. The van der Waals surface area contributed by atoms with Crippen LogP contribution in [0.1, 0.15) is 12.0 Å². The van der Waals surface area contributed by atoms with Crippen LogP contribution in [0, 0.1) is 10.1 Å². The maximum Gasteiger partial charge on any atom is 0.269 e. The Balaban J connectivity index is 1.77. The molecule has 0 atom stereocenters. The van der Waals surface area contributed by atoms with Crippen LogP contribution in [-0.2, 0) is 6.42 Å². The van der Waals surface area contributed by atoms with E-state index in [2.05, 4.69) is 15.1 Å². The maximum atomic E-state index is 10.6. The second-order valence-corrected chi connectivity index (χ2v) is 5.60. The van der Waals surface area contributed by atoms with Crippen molar-refractivity contribution in [3.05, 3.63) is 58.1 Å². The van der Waals surface area contributed by atoms with Crippen LogP contribution >= 0.6 is 0 Å². The molecule has 0 saturated heterocycles. The zero-order chi connectivity index (χ0) is 16.9. The number of anilines is 1. The van der Waals surface area contributed by atoms with Crippen LogP contribution in [0.5, 0.6) is 0 Å². The molecule has 0 radical (unpaired) electrons. The number of azo groups is 1. The molecule has 0 aliphatic carbocycles. The number of benzene rings is 2. The molecule has 0 aromatic heterocycles. The number of non-ortho nitro benzene ring substituents is 1. The zero-order valence-electron chi connectivity index (χ0n) is 13.1. The Kier molecular flexibility index (Phi) is 4.81. The fraction of sp³-hybridized carbons (Fsp3) is 0.294. The van der Waals surface area contributed by atoms with E-state index in [1.165, 1.54) is 17.7 Å². The summed E-state index contributed by atoms with van der Waals surface area (Å²) in [7, 11) is 0. The van der Waals surface area contributed by atoms with Crippen LogP contribution in [0.25, 0.3) is 0 Å². The molecule has 7 nitrogen and oxygen atoms in total. The van der Waals surface area contributed by atoms with Gasteiger partial charge >= 0.3 is 0 Å². The van der Waals surface area contributed by atoms with Gasteiger partial charge in [-0.05, 0) is 48.7 Å². The van der Waals surface area contributed by atoms with E-state index in [1.807, 2.05) is 18.2 Å². The van der Waals surface area contributed by atoms with E-state index < -0.39 is 4.92 Å². The lowest BCUT2D eigenvalue weighted by Crippen LogP contribution is -2.31. The highest BCUT2D eigenvalue weighted by Crippen LogP contribution is 2.31. The molecule has 0 amide bonds. The van der Waals surface area contributed by atoms with Gasteiger partial charge in [-0.2, -0.15) is 10.2 Å². The third-order valence-corrected chi connectivity index (χ3v) is 3.99. The molecule has 0 bridgehead atoms. The topological polar surface area (TPSA) is 91.3 Å². The van der Waals surface area contributed by atoms with Gasteiger partial charge in [-0.1, -0.05) is 0 Å². The third-order valence-electron chi connectivity index (χ3n) is 3.99. The highest BCUT2D eigenvalue weighted by Gasteiger charge is 2.16. The van der Waals surface area contributed by atoms with Crippen molar-refractivity contribution in [3.63, 3.8) is 0 Å². The van der Waals surface area contributed by atoms with Gasteiger partial charge in [-0.15, -0.1) is 0 Å². The molecule has 3 rings (SSSR count). The molecule has 24 heavy (non-hydrogen) atoms. The largest absolute Gasteiger partial charge is 0.395 e. The van der Waals surface area contributed by atoms with Gasteiger partial charge in [0.25, 0.3) is 5.69 Å². The smallest absolute Gasteiger partial charge is 0.269 e. The molecule has 1 heterocycles. The van der Waals surface area contributed by atoms with E-state index in [9.17, 15) is 10.1 Å². The van der Waals surface area contributed by atoms with E-state index in [0.717, 1.165) is 30.8 Å². The predicted octanol–water partition coefficient (Wildman–Crippen LogP) is 3.76. The van der Waals surface area contributed by atoms with Crippen molar-refractivity contribution in [2.75, 3.05) is 24.6 Å². The second kappa shape index (κ2) is 7.18. The molecule has 0 saturated carbocycles. The summed E-state index contributed by atoms with van der Waals surface area (Å²) in [6.45, 7) is 1.73. The molecule has 124 valence electrons. The van der Waals surface area contributed by atoms with Crippen molar-refractivity contribution in [1.82, 2.24) is 0 Å². The van der Waals surface area contributed by atoms with Crippen molar-refractivity contribution in [2.24, 2.45) is 10.2 Å². The number of hydrogen-bond acceptors (Lipinski definition) is 6. The van der Waals surface area contributed by atoms with Crippen molar-refractivity contribution < 1.29 is 10.0 Å². The summed E-state index contributed by atoms with van der Waals surface area (Å²) in [5.41, 5.74) is 3.70. The lowest BCUT2D eigenvalue weighted by molar-refractivity contribution is -0.384. The van der Waals surface area contributed by atoms with Crippen LogP contribution in [0.3, 0.4) is 0 Å². The third kappa shape index (κ3) is 3.57. The van der Waals surface area contributed by atoms with Crippen LogP contribution < -0.4 is 4.90 Å². The Morgan fingerprint density at radius 1 is 1.12 bits per heavy atom. The number of hydrogen-bond donors (Lipinski definition) is 1. The molecule has 0 unspecified atom stereocenters. The number of aryl methyl sites for hydroxylation is 1. The van der Waals surface area contributed by atoms with Crippen molar-refractivity contribution in [1.29, 1.82) is 0 Å². The minimum absolute atomic E-state index is 0.0340. The van der Waals surface area contributed by atoms with Gasteiger partial charge in [-0.3, -0.25) is 10.1 Å². The SMILES string of the molecule is O=[N+]([O-])c1ccc(N=Nc2ccc3c(c2)CCCN3CCO)cc1. The van der Waals surface area contributed by atoms with Gasteiger partial charge in [0.1, 0.15) is 0 Å². The van der Waals surface area contributed by atoms with Crippen LogP contribution in [0.2, 0.25) is 0 Å². The molecular formula is C17H18N4O3. The Labute approximate surface area is 139 Å². The number of aliphatic hydroxyl groups is 1. The Morgan fingerprint density at radius 2 is 1.83 bits per heavy atom. The van der Waals surface area contributed by atoms with Gasteiger partial charge in [-0.25, -0.2) is 0 Å². The molecular weight excluding hydrogens is 308 g/mol. The normalized spacial score (nSPS) is 14.0. The first-order valence-corrected chi connectivity index (χ1v) is 7.82. The molecule has 2 aromatic rings. The average Bonchev–Trinajstić information content (AvgIpc) is 2.60. The fourth-order valence-corrected chi connectivity index (χ4v) is 2.83. The van der Waals surface area contributed by atoms with Crippen molar-refractivity contribution >= 4 is 22.7 Å². The van der Waals surface area contributed by atoms with Crippen molar-refractivity contribution in [2.45, 2.75) is 12.8 Å². The van der Waals surface area contributed by atoms with Gasteiger partial charge < -0.3 is 10.0 Å². The summed E-state index contributed by atoms with van der Waals surface area (Å²) < 4.78 is 0. The molecule has 0 fully saturated rings. The number of aliphatic hydroxyl groups excluding tert-OH is 1. The minimum atomic E-state index is -0.442. The van der Waals surface area contributed by atoms with Crippen molar-refractivity contribution in [3.8, 4) is 0 Å². The summed E-state index contributed by atoms with van der Waals surface area (Å²) in [4.78, 5) is 12.4. The molecule has 0 spiro atoms. The average molecular weight is 326 g/mol. The molecule has 2 aromatic carbocycles. The standard InChI is InChI=1S/C17H18N4O3/c22-11-10-20-9-1-2-13-12-15(5-8-17(13)20)19-18-14-3-6-16(7-4-14)21(23)24/h3-8,12,22H,1-2,9-11H2. The monoisotopic (exact) mass is 326 g/mol. The lowest BCUT2D eigenvalue weighted by atomic mass is 10.0. The maximum absolute atomic E-state index is 10.6. The van der Waals surface area contributed by atoms with E-state index >= 15 is 0 Å². The Hall–Kier alpha value is -2.80. The summed E-state index contributed by atoms with van der Waals surface area (Å²) in [6.07, 6.45) is 2.04. The lowest BCUT2D eigenvalue weighted by Gasteiger charge is -2.30. The summed E-state index contributed by atoms with van der Waals surface area (Å²) >= 11 is 0. The highest BCUT2D eigenvalue weighted by atomic mass is 16.6. The summed E-state index contributed by atoms with van der Waals surface area (Å²) in [5.74, 6) is 0. The summed E-state index contributed by atoms with van der Waals surface area (Å²) in [6, 6.07) is 11.9. The number of nitrogens with zero attached hydrogens (tertiary/aromatic N) is 4. The highest BCUT2D eigenvalue weighted by molar-refractivity contribution is 5.61. The molecule has 1 N–H and O–H groups in total. The summed E-state index contributed by atoms with van der Waals surface area (Å²) in [5, 5.41) is 28.1. The number of nitro groups is 1. The predicted molar refractivity (Wildman–Crippen MR) is 91.3 cm³/mol. The van der Waals surface area contributed by atoms with Gasteiger partial charge in [0.05, 0.1) is 22.9 Å². The quantitative estimate of drug-likeness (QED) is 0.514. The van der Waals surface area contributed by atoms with E-state index in [-0.39, 0.29) is 12.3 Å². The first-order valence-electron chi connectivity index (χ1n) is 7.82. The zero-order valence-corrected chi connectivity index (χ0v) is 13.1. The molecule has 7 heteroatoms. The van der Waals surface area contributed by atoms with E-state index in [0.29, 0.717) is 12.2 Å². The number of β-amino-alcohol motifs (C(OH)–C–C–N with tert-alkyl or cyclic N) is 1. The molecule has 1 aliphatic heterocycles. The van der Waals surface area contributed by atoms with Crippen LogP contribution in [-0.4, -0.2) is 29.7 Å². The Morgan fingerprint density at radius 3 is 2.54 bits per heavy atom. The minimum Gasteiger partial charge on any atom is -0.395 e. The Bertz CT molecular complexity index is 759. The van der Waals surface area contributed by atoms with Crippen LogP contribution in [0.15, 0.2) is 52.7 Å². The number of nitro benzene ring substituents is 1.